The van der Waals surface area contributed by atoms with Crippen LogP contribution in [0.1, 0.15) is 4.88 Å². The first-order valence-electron chi connectivity index (χ1n) is 6.74. The van der Waals surface area contributed by atoms with Crippen molar-refractivity contribution >= 4 is 17.2 Å². The van der Waals surface area contributed by atoms with Gasteiger partial charge in [-0.25, -0.2) is 0 Å². The summed E-state index contributed by atoms with van der Waals surface area (Å²) in [7, 11) is 0. The van der Waals surface area contributed by atoms with E-state index in [0.717, 1.165) is 19.6 Å². The molecule has 1 N–H and O–H groups in total. The van der Waals surface area contributed by atoms with Gasteiger partial charge < -0.3 is 10.2 Å². The number of hydrogen-bond acceptors (Lipinski definition) is 4. The van der Waals surface area contributed by atoms with E-state index in [9.17, 15) is 18.0 Å². The average Bonchev–Trinajstić information content (AvgIpc) is 2.91. The van der Waals surface area contributed by atoms with Crippen molar-refractivity contribution in [3.8, 4) is 0 Å². The highest BCUT2D eigenvalue weighted by Crippen LogP contribution is 2.14. The molecule has 1 aliphatic heterocycles. The minimum Gasteiger partial charge on any atom is -0.339 e. The van der Waals surface area contributed by atoms with Gasteiger partial charge in [-0.3, -0.25) is 9.69 Å². The van der Waals surface area contributed by atoms with Gasteiger partial charge in [-0.1, -0.05) is 6.07 Å². The Morgan fingerprint density at radius 3 is 2.57 bits per heavy atom. The molecule has 1 aromatic heterocycles. The van der Waals surface area contributed by atoms with Crippen molar-refractivity contribution < 1.29 is 18.0 Å². The lowest BCUT2D eigenvalue weighted by Crippen LogP contribution is -2.50. The standard InChI is InChI=1S/C13H18F3N3OS/c14-13(15,16)10-17-8-12(20)19-5-3-18(4-6-19)9-11-2-1-7-21-11/h1-2,7,17H,3-6,8-10H2. The molecule has 0 radical (unpaired) electrons. The second-order valence-corrected chi connectivity index (χ2v) is 5.99. The van der Waals surface area contributed by atoms with Crippen LogP contribution in [0.15, 0.2) is 17.5 Å². The third-order valence-corrected chi connectivity index (χ3v) is 4.15. The van der Waals surface area contributed by atoms with Crippen molar-refractivity contribution in [2.24, 2.45) is 0 Å². The molecule has 118 valence electrons. The molecule has 0 spiro atoms. The van der Waals surface area contributed by atoms with Gasteiger partial charge in [0.2, 0.25) is 5.91 Å². The summed E-state index contributed by atoms with van der Waals surface area (Å²) >= 11 is 1.70. The lowest BCUT2D eigenvalue weighted by atomic mass is 10.3. The molecule has 0 bridgehead atoms. The van der Waals surface area contributed by atoms with Crippen LogP contribution in [0.3, 0.4) is 0 Å². The Morgan fingerprint density at radius 1 is 1.29 bits per heavy atom. The molecule has 1 saturated heterocycles. The molecule has 1 aromatic rings. The highest BCUT2D eigenvalue weighted by molar-refractivity contribution is 7.09. The number of nitrogens with one attached hydrogen (secondary N) is 1. The zero-order chi connectivity index (χ0) is 15.3. The van der Waals surface area contributed by atoms with E-state index >= 15 is 0 Å². The van der Waals surface area contributed by atoms with Crippen LogP contribution in [0.5, 0.6) is 0 Å². The van der Waals surface area contributed by atoms with E-state index in [2.05, 4.69) is 16.3 Å². The summed E-state index contributed by atoms with van der Waals surface area (Å²) in [4.78, 5) is 16.9. The van der Waals surface area contributed by atoms with Gasteiger partial charge in [0, 0.05) is 37.6 Å². The number of nitrogens with zero attached hydrogens (tertiary/aromatic N) is 2. The van der Waals surface area contributed by atoms with Crippen LogP contribution in [-0.4, -0.2) is 61.2 Å². The predicted octanol–water partition coefficient (Wildman–Crippen LogP) is 1.54. The van der Waals surface area contributed by atoms with Gasteiger partial charge in [-0.15, -0.1) is 11.3 Å². The van der Waals surface area contributed by atoms with E-state index in [1.807, 2.05) is 11.4 Å². The van der Waals surface area contributed by atoms with Crippen LogP contribution >= 0.6 is 11.3 Å². The minimum atomic E-state index is -4.28. The van der Waals surface area contributed by atoms with Gasteiger partial charge in [0.25, 0.3) is 0 Å². The lowest BCUT2D eigenvalue weighted by Gasteiger charge is -2.34. The molecule has 2 heterocycles. The molecule has 0 atom stereocenters. The largest absolute Gasteiger partial charge is 0.401 e. The van der Waals surface area contributed by atoms with Gasteiger partial charge >= 0.3 is 6.18 Å². The summed E-state index contributed by atoms with van der Waals surface area (Å²) in [5, 5.41) is 4.17. The molecule has 0 saturated carbocycles. The maximum absolute atomic E-state index is 12.0. The molecular weight excluding hydrogens is 303 g/mol. The van der Waals surface area contributed by atoms with E-state index in [1.165, 1.54) is 4.88 Å². The summed E-state index contributed by atoms with van der Waals surface area (Å²) in [6.45, 7) is 2.12. The Morgan fingerprint density at radius 2 is 2.00 bits per heavy atom. The molecule has 4 nitrogen and oxygen atoms in total. The number of piperazine rings is 1. The number of alkyl halides is 3. The van der Waals surface area contributed by atoms with Crippen LogP contribution in [0.2, 0.25) is 0 Å². The number of halogens is 3. The lowest BCUT2D eigenvalue weighted by molar-refractivity contribution is -0.135. The van der Waals surface area contributed by atoms with Crippen LogP contribution in [0.25, 0.3) is 0 Å². The van der Waals surface area contributed by atoms with Gasteiger partial charge in [0.05, 0.1) is 13.1 Å². The van der Waals surface area contributed by atoms with E-state index in [1.54, 1.807) is 16.2 Å². The molecular formula is C13H18F3N3OS. The van der Waals surface area contributed by atoms with Crippen molar-refractivity contribution in [2.45, 2.75) is 12.7 Å². The Kier molecular flexibility index (Phi) is 5.60. The SMILES string of the molecule is O=C(CNCC(F)(F)F)N1CCN(Cc2cccs2)CC1. The summed E-state index contributed by atoms with van der Waals surface area (Å²) in [6, 6.07) is 4.08. The van der Waals surface area contributed by atoms with Crippen molar-refractivity contribution in [3.63, 3.8) is 0 Å². The minimum absolute atomic E-state index is 0.259. The summed E-state index contributed by atoms with van der Waals surface area (Å²) in [6.07, 6.45) is -4.28. The maximum atomic E-state index is 12.0. The number of carbonyl (C=O) groups excluding carboxylic acids is 1. The molecule has 8 heteroatoms. The van der Waals surface area contributed by atoms with E-state index in [-0.39, 0.29) is 12.5 Å². The molecule has 21 heavy (non-hydrogen) atoms. The molecule has 2 rings (SSSR count). The monoisotopic (exact) mass is 321 g/mol. The van der Waals surface area contributed by atoms with Crippen LogP contribution in [0.4, 0.5) is 13.2 Å². The van der Waals surface area contributed by atoms with Gasteiger partial charge in [0.15, 0.2) is 0 Å². The Labute approximate surface area is 125 Å². The first-order valence-corrected chi connectivity index (χ1v) is 7.62. The van der Waals surface area contributed by atoms with Crippen molar-refractivity contribution in [1.29, 1.82) is 0 Å². The molecule has 1 aliphatic rings. The number of rotatable bonds is 5. The molecule has 0 aromatic carbocycles. The second-order valence-electron chi connectivity index (χ2n) is 4.96. The Bertz CT molecular complexity index is 442. The predicted molar refractivity (Wildman–Crippen MR) is 75.1 cm³/mol. The zero-order valence-electron chi connectivity index (χ0n) is 11.5. The third kappa shape index (κ3) is 5.64. The Hall–Kier alpha value is -1.12. The highest BCUT2D eigenvalue weighted by atomic mass is 32.1. The number of amides is 1. The van der Waals surface area contributed by atoms with Crippen molar-refractivity contribution in [1.82, 2.24) is 15.1 Å². The van der Waals surface area contributed by atoms with Gasteiger partial charge in [-0.2, -0.15) is 13.2 Å². The topological polar surface area (TPSA) is 35.6 Å². The van der Waals surface area contributed by atoms with Crippen LogP contribution in [0, 0.1) is 0 Å². The third-order valence-electron chi connectivity index (χ3n) is 3.29. The average molecular weight is 321 g/mol. The van der Waals surface area contributed by atoms with E-state index in [0.29, 0.717) is 13.1 Å². The van der Waals surface area contributed by atoms with E-state index < -0.39 is 12.7 Å². The maximum Gasteiger partial charge on any atom is 0.401 e. The normalized spacial score (nSPS) is 17.2. The smallest absolute Gasteiger partial charge is 0.339 e. The quantitative estimate of drug-likeness (QED) is 0.894. The van der Waals surface area contributed by atoms with Crippen LogP contribution < -0.4 is 5.32 Å². The highest BCUT2D eigenvalue weighted by Gasteiger charge is 2.27. The fraction of sp³-hybridized carbons (Fsp3) is 0.615. The molecule has 1 fully saturated rings. The van der Waals surface area contributed by atoms with E-state index in [4.69, 9.17) is 0 Å². The molecule has 1 amide bonds. The second kappa shape index (κ2) is 7.24. The van der Waals surface area contributed by atoms with Gasteiger partial charge in [0.1, 0.15) is 0 Å². The number of carbonyl (C=O) groups is 1. The van der Waals surface area contributed by atoms with Crippen molar-refractivity contribution in [3.05, 3.63) is 22.4 Å². The summed E-state index contributed by atoms with van der Waals surface area (Å²) < 4.78 is 36.0. The zero-order valence-corrected chi connectivity index (χ0v) is 12.3. The summed E-state index contributed by atoms with van der Waals surface area (Å²) in [5.41, 5.74) is 0. The first-order chi connectivity index (χ1) is 9.94. The summed E-state index contributed by atoms with van der Waals surface area (Å²) in [5.74, 6) is -0.268. The van der Waals surface area contributed by atoms with Gasteiger partial charge in [-0.05, 0) is 11.4 Å². The first kappa shape index (κ1) is 16.3. The molecule has 0 unspecified atom stereocenters. The Balaban J connectivity index is 1.67. The molecule has 0 aliphatic carbocycles. The fourth-order valence-electron chi connectivity index (χ4n) is 2.20. The van der Waals surface area contributed by atoms with Crippen LogP contribution in [-0.2, 0) is 11.3 Å². The number of hydrogen-bond donors (Lipinski definition) is 1. The fourth-order valence-corrected chi connectivity index (χ4v) is 2.95. The number of thiophene rings is 1. The van der Waals surface area contributed by atoms with Crippen molar-refractivity contribution in [2.75, 3.05) is 39.3 Å².